The molecule has 2 aromatic heterocycles. The van der Waals surface area contributed by atoms with E-state index < -0.39 is 0 Å². The van der Waals surface area contributed by atoms with E-state index in [-0.39, 0.29) is 11.8 Å². The van der Waals surface area contributed by atoms with Crippen LogP contribution < -0.4 is 4.74 Å². The maximum absolute atomic E-state index is 12.8. The van der Waals surface area contributed by atoms with Gasteiger partial charge in [0.15, 0.2) is 11.4 Å². The van der Waals surface area contributed by atoms with E-state index in [4.69, 9.17) is 4.74 Å². The predicted molar refractivity (Wildman–Crippen MR) is 76.2 cm³/mol. The second kappa shape index (κ2) is 5.86. The first-order valence-electron chi connectivity index (χ1n) is 6.70. The van der Waals surface area contributed by atoms with Gasteiger partial charge in [0.25, 0.3) is 0 Å². The molecule has 0 amide bonds. The maximum Gasteiger partial charge on any atom is 0.233 e. The zero-order valence-electron chi connectivity index (χ0n) is 12.3. The third-order valence-electron chi connectivity index (χ3n) is 3.17. The number of ether oxygens (including phenoxy) is 1. The lowest BCUT2D eigenvalue weighted by molar-refractivity contribution is 0.101. The van der Waals surface area contributed by atoms with Gasteiger partial charge in [0.2, 0.25) is 5.78 Å². The number of rotatable bonds is 5. The van der Waals surface area contributed by atoms with Crippen LogP contribution in [0.4, 0.5) is 0 Å². The molecule has 106 valence electrons. The largest absolute Gasteiger partial charge is 0.493 e. The summed E-state index contributed by atoms with van der Waals surface area (Å²) in [5.41, 5.74) is 1.85. The minimum atomic E-state index is -0.148. The molecular formula is C15H19N3O2. The molecule has 0 aliphatic heterocycles. The predicted octanol–water partition coefficient (Wildman–Crippen LogP) is 2.66. The molecule has 0 unspecified atom stereocenters. The summed E-state index contributed by atoms with van der Waals surface area (Å²) in [6, 6.07) is 3.83. The number of hydrogen-bond acceptors (Lipinski definition) is 4. The van der Waals surface area contributed by atoms with Crippen molar-refractivity contribution in [2.24, 2.45) is 0 Å². The topological polar surface area (TPSA) is 57.0 Å². The fourth-order valence-corrected chi connectivity index (χ4v) is 2.14. The summed E-state index contributed by atoms with van der Waals surface area (Å²) < 4.78 is 6.94. The highest BCUT2D eigenvalue weighted by molar-refractivity contribution is 6.09. The zero-order chi connectivity index (χ0) is 14.7. The molecule has 0 aromatic carbocycles. The molecule has 0 spiro atoms. The van der Waals surface area contributed by atoms with Crippen LogP contribution in [-0.4, -0.2) is 27.7 Å². The summed E-state index contributed by atoms with van der Waals surface area (Å²) in [7, 11) is 1.54. The minimum absolute atomic E-state index is 0.0756. The first kappa shape index (κ1) is 14.2. The standard InChI is InChI=1S/C15H19N3O2/c1-5-11-7-6-8-16-13(11)15(19)14-12(20-4)9-17-18(14)10(2)3/h6-10H,5H2,1-4H3. The van der Waals surface area contributed by atoms with Crippen LogP contribution in [-0.2, 0) is 6.42 Å². The summed E-state index contributed by atoms with van der Waals surface area (Å²) in [6.07, 6.45) is 3.96. The van der Waals surface area contributed by atoms with Crippen LogP contribution >= 0.6 is 0 Å². The molecule has 0 bridgehead atoms. The molecular weight excluding hydrogens is 254 g/mol. The van der Waals surface area contributed by atoms with E-state index in [0.717, 1.165) is 12.0 Å². The lowest BCUT2D eigenvalue weighted by Gasteiger charge is -2.12. The number of nitrogens with zero attached hydrogens (tertiary/aromatic N) is 3. The molecule has 0 N–H and O–H groups in total. The molecule has 2 aromatic rings. The van der Waals surface area contributed by atoms with Gasteiger partial charge in [-0.25, -0.2) is 0 Å². The third-order valence-corrected chi connectivity index (χ3v) is 3.17. The highest BCUT2D eigenvalue weighted by Crippen LogP contribution is 2.24. The Balaban J connectivity index is 2.55. The quantitative estimate of drug-likeness (QED) is 0.786. The van der Waals surface area contributed by atoms with E-state index in [0.29, 0.717) is 17.1 Å². The Labute approximate surface area is 118 Å². The van der Waals surface area contributed by atoms with Gasteiger partial charge >= 0.3 is 0 Å². The van der Waals surface area contributed by atoms with E-state index in [1.54, 1.807) is 17.1 Å². The van der Waals surface area contributed by atoms with E-state index in [2.05, 4.69) is 10.1 Å². The Hall–Kier alpha value is -2.17. The van der Waals surface area contributed by atoms with Crippen LogP contribution in [0, 0.1) is 0 Å². The highest BCUT2D eigenvalue weighted by Gasteiger charge is 2.24. The first-order valence-corrected chi connectivity index (χ1v) is 6.70. The number of aryl methyl sites for hydroxylation is 1. The molecule has 0 aliphatic carbocycles. The maximum atomic E-state index is 12.8. The van der Waals surface area contributed by atoms with Crippen LogP contribution in [0.25, 0.3) is 0 Å². The van der Waals surface area contributed by atoms with Crippen molar-refractivity contribution in [2.45, 2.75) is 33.2 Å². The van der Waals surface area contributed by atoms with E-state index in [1.807, 2.05) is 32.9 Å². The molecule has 0 fully saturated rings. The number of pyridine rings is 1. The Morgan fingerprint density at radius 1 is 1.45 bits per heavy atom. The van der Waals surface area contributed by atoms with Gasteiger partial charge in [-0.15, -0.1) is 0 Å². The Morgan fingerprint density at radius 3 is 2.80 bits per heavy atom. The van der Waals surface area contributed by atoms with Gasteiger partial charge in [0.1, 0.15) is 5.69 Å². The van der Waals surface area contributed by atoms with Crippen LogP contribution in [0.5, 0.6) is 5.75 Å². The van der Waals surface area contributed by atoms with Crippen molar-refractivity contribution in [3.05, 3.63) is 41.5 Å². The highest BCUT2D eigenvalue weighted by atomic mass is 16.5. The van der Waals surface area contributed by atoms with Gasteiger partial charge in [-0.2, -0.15) is 5.10 Å². The van der Waals surface area contributed by atoms with Crippen molar-refractivity contribution in [3.63, 3.8) is 0 Å². The average Bonchev–Trinajstić information content (AvgIpc) is 2.90. The van der Waals surface area contributed by atoms with Gasteiger partial charge < -0.3 is 4.74 Å². The second-order valence-corrected chi connectivity index (χ2v) is 4.79. The fraction of sp³-hybridized carbons (Fsp3) is 0.400. The summed E-state index contributed by atoms with van der Waals surface area (Å²) >= 11 is 0. The average molecular weight is 273 g/mol. The molecule has 0 atom stereocenters. The van der Waals surface area contributed by atoms with Gasteiger partial charge in [0, 0.05) is 12.2 Å². The van der Waals surface area contributed by atoms with Crippen molar-refractivity contribution in [1.29, 1.82) is 0 Å². The third kappa shape index (κ3) is 2.43. The summed E-state index contributed by atoms with van der Waals surface area (Å²) in [5, 5.41) is 4.23. The van der Waals surface area contributed by atoms with Crippen molar-refractivity contribution in [3.8, 4) is 5.75 Å². The number of carbonyl (C=O) groups excluding carboxylic acids is 1. The van der Waals surface area contributed by atoms with Crippen molar-refractivity contribution >= 4 is 5.78 Å². The van der Waals surface area contributed by atoms with Crippen LogP contribution in [0.3, 0.4) is 0 Å². The van der Waals surface area contributed by atoms with E-state index >= 15 is 0 Å². The molecule has 0 aliphatic rings. The molecule has 2 rings (SSSR count). The van der Waals surface area contributed by atoms with Crippen molar-refractivity contribution in [2.75, 3.05) is 7.11 Å². The fourth-order valence-electron chi connectivity index (χ4n) is 2.14. The van der Waals surface area contributed by atoms with Crippen LogP contribution in [0.2, 0.25) is 0 Å². The molecule has 5 heteroatoms. The van der Waals surface area contributed by atoms with Gasteiger partial charge in [-0.1, -0.05) is 13.0 Å². The summed E-state index contributed by atoms with van der Waals surface area (Å²) in [6.45, 7) is 5.95. The number of aromatic nitrogens is 3. The smallest absolute Gasteiger partial charge is 0.233 e. The van der Waals surface area contributed by atoms with Gasteiger partial charge in [-0.05, 0) is 31.9 Å². The Bertz CT molecular complexity index is 617. The molecule has 20 heavy (non-hydrogen) atoms. The van der Waals surface area contributed by atoms with Gasteiger partial charge in [0.05, 0.1) is 13.3 Å². The monoisotopic (exact) mass is 273 g/mol. The number of hydrogen-bond donors (Lipinski definition) is 0. The minimum Gasteiger partial charge on any atom is -0.493 e. The van der Waals surface area contributed by atoms with Crippen LogP contribution in [0.15, 0.2) is 24.5 Å². The molecule has 0 saturated heterocycles. The number of methoxy groups -OCH3 is 1. The molecule has 2 heterocycles. The van der Waals surface area contributed by atoms with E-state index in [9.17, 15) is 4.79 Å². The number of carbonyl (C=O) groups is 1. The van der Waals surface area contributed by atoms with Crippen molar-refractivity contribution < 1.29 is 9.53 Å². The van der Waals surface area contributed by atoms with E-state index in [1.165, 1.54) is 7.11 Å². The summed E-state index contributed by atoms with van der Waals surface area (Å²) in [5.74, 6) is 0.335. The van der Waals surface area contributed by atoms with Crippen molar-refractivity contribution in [1.82, 2.24) is 14.8 Å². The lowest BCUT2D eigenvalue weighted by atomic mass is 10.1. The van der Waals surface area contributed by atoms with Crippen LogP contribution in [0.1, 0.15) is 48.6 Å². The number of ketones is 1. The second-order valence-electron chi connectivity index (χ2n) is 4.79. The summed E-state index contributed by atoms with van der Waals surface area (Å²) in [4.78, 5) is 17.0. The zero-order valence-corrected chi connectivity index (χ0v) is 12.3. The molecule has 0 saturated carbocycles. The Morgan fingerprint density at radius 2 is 2.20 bits per heavy atom. The first-order chi connectivity index (χ1) is 9.60. The molecule has 5 nitrogen and oxygen atoms in total. The van der Waals surface area contributed by atoms with Gasteiger partial charge in [-0.3, -0.25) is 14.5 Å². The molecule has 0 radical (unpaired) electrons. The lowest BCUT2D eigenvalue weighted by Crippen LogP contribution is -2.16. The normalized spacial score (nSPS) is 10.8. The Kier molecular flexibility index (Phi) is 4.17. The SMILES string of the molecule is CCc1cccnc1C(=O)c1c(OC)cnn1C(C)C.